The number of likely N-dealkylation sites (tertiary alicyclic amines) is 1. The average molecular weight is 342 g/mol. The molecule has 0 aromatic heterocycles. The molecular weight excluding hydrogens is 319 g/mol. The van der Waals surface area contributed by atoms with E-state index in [2.05, 4.69) is 5.32 Å². The Morgan fingerprint density at radius 2 is 2.16 bits per heavy atom. The highest BCUT2D eigenvalue weighted by atomic mass is 19.1. The van der Waals surface area contributed by atoms with Gasteiger partial charge in [-0.25, -0.2) is 4.39 Å². The number of benzene rings is 2. The number of aryl methyl sites for hydroxylation is 1. The lowest BCUT2D eigenvalue weighted by atomic mass is 10.1. The number of nitrogens with zero attached hydrogens (tertiary/aromatic N) is 1. The van der Waals surface area contributed by atoms with Gasteiger partial charge in [0, 0.05) is 36.4 Å². The van der Waals surface area contributed by atoms with Crippen LogP contribution >= 0.6 is 0 Å². The normalized spacial score (nSPS) is 17.4. The number of carbonyl (C=O) groups excluding carboxylic acids is 1. The van der Waals surface area contributed by atoms with Gasteiger partial charge in [0.05, 0.1) is 6.10 Å². The summed E-state index contributed by atoms with van der Waals surface area (Å²) in [4.78, 5) is 14.3. The van der Waals surface area contributed by atoms with Gasteiger partial charge in [0.1, 0.15) is 5.82 Å². The molecule has 1 heterocycles. The Hall–Kier alpha value is -2.40. The third-order valence-corrected chi connectivity index (χ3v) is 4.48. The number of carbonyl (C=O) groups is 1. The van der Waals surface area contributed by atoms with Gasteiger partial charge in [-0.3, -0.25) is 4.79 Å². The van der Waals surface area contributed by atoms with E-state index in [1.807, 2.05) is 25.1 Å². The van der Waals surface area contributed by atoms with E-state index in [1.54, 1.807) is 23.1 Å². The van der Waals surface area contributed by atoms with Gasteiger partial charge in [-0.1, -0.05) is 23.8 Å². The number of aliphatic hydroxyl groups is 1. The summed E-state index contributed by atoms with van der Waals surface area (Å²) in [5.74, 6) is -0.322. The number of hydrogen-bond acceptors (Lipinski definition) is 3. The van der Waals surface area contributed by atoms with Gasteiger partial charge in [-0.2, -0.15) is 0 Å². The number of rotatable bonds is 4. The van der Waals surface area contributed by atoms with Gasteiger partial charge >= 0.3 is 0 Å². The van der Waals surface area contributed by atoms with Crippen molar-refractivity contribution in [2.75, 3.05) is 18.4 Å². The van der Waals surface area contributed by atoms with Crippen molar-refractivity contribution in [1.29, 1.82) is 0 Å². The van der Waals surface area contributed by atoms with Crippen LogP contribution in [-0.4, -0.2) is 35.1 Å². The molecule has 4 nitrogen and oxygen atoms in total. The van der Waals surface area contributed by atoms with Crippen molar-refractivity contribution in [3.63, 3.8) is 0 Å². The maximum absolute atomic E-state index is 13.8. The second-order valence-corrected chi connectivity index (χ2v) is 6.58. The van der Waals surface area contributed by atoms with Crippen LogP contribution in [0.3, 0.4) is 0 Å². The van der Waals surface area contributed by atoms with E-state index < -0.39 is 6.10 Å². The summed E-state index contributed by atoms with van der Waals surface area (Å²) < 4.78 is 13.8. The first-order valence-electron chi connectivity index (χ1n) is 8.59. The number of nitrogens with one attached hydrogen (secondary N) is 1. The number of amides is 1. The molecule has 0 aliphatic carbocycles. The molecule has 0 radical (unpaired) electrons. The number of β-amino-alcohol motifs (C(OH)–C–C–N with tert-alkyl or cyclic N) is 1. The van der Waals surface area contributed by atoms with Crippen LogP contribution in [0.4, 0.5) is 10.1 Å². The molecule has 2 N–H and O–H groups in total. The van der Waals surface area contributed by atoms with Crippen molar-refractivity contribution < 1.29 is 14.3 Å². The lowest BCUT2D eigenvalue weighted by molar-refractivity contribution is 0.0474. The second kappa shape index (κ2) is 7.66. The number of aliphatic hydroxyl groups excluding tert-OH is 1. The summed E-state index contributed by atoms with van der Waals surface area (Å²) in [5, 5.41) is 12.9. The zero-order valence-corrected chi connectivity index (χ0v) is 14.3. The molecular formula is C20H23FN2O2. The first kappa shape index (κ1) is 17.4. The largest absolute Gasteiger partial charge is 0.391 e. The number of hydrogen-bond donors (Lipinski definition) is 2. The molecule has 2 aromatic rings. The predicted octanol–water partition coefficient (Wildman–Crippen LogP) is 3.34. The fourth-order valence-corrected chi connectivity index (χ4v) is 3.12. The van der Waals surface area contributed by atoms with Crippen LogP contribution in [0, 0.1) is 12.7 Å². The fraction of sp³-hybridized carbons (Fsp3) is 0.350. The Labute approximate surface area is 147 Å². The molecule has 3 rings (SSSR count). The summed E-state index contributed by atoms with van der Waals surface area (Å²) in [5.41, 5.74) is 2.94. The van der Waals surface area contributed by atoms with E-state index in [0.717, 1.165) is 24.1 Å². The van der Waals surface area contributed by atoms with Crippen molar-refractivity contribution in [3.8, 4) is 0 Å². The molecule has 1 amide bonds. The minimum Gasteiger partial charge on any atom is -0.391 e. The maximum atomic E-state index is 13.8. The quantitative estimate of drug-likeness (QED) is 0.896. The smallest absolute Gasteiger partial charge is 0.254 e. The minimum atomic E-state index is -0.441. The van der Waals surface area contributed by atoms with Crippen molar-refractivity contribution in [1.82, 2.24) is 4.90 Å². The van der Waals surface area contributed by atoms with Crippen LogP contribution in [0.15, 0.2) is 42.5 Å². The average Bonchev–Trinajstić information content (AvgIpc) is 2.62. The highest BCUT2D eigenvalue weighted by Crippen LogP contribution is 2.18. The van der Waals surface area contributed by atoms with Crippen molar-refractivity contribution in [2.45, 2.75) is 32.4 Å². The SMILES string of the molecule is Cc1ccc(F)c(CNc2cccc(C(=O)N3CCCC(O)C3)c2)c1. The number of piperidine rings is 1. The summed E-state index contributed by atoms with van der Waals surface area (Å²) in [6.45, 7) is 3.33. The summed E-state index contributed by atoms with van der Waals surface area (Å²) >= 11 is 0. The molecule has 1 saturated heterocycles. The molecule has 1 aliphatic rings. The molecule has 5 heteroatoms. The van der Waals surface area contributed by atoms with Crippen LogP contribution in [0.5, 0.6) is 0 Å². The van der Waals surface area contributed by atoms with E-state index in [-0.39, 0.29) is 11.7 Å². The van der Waals surface area contributed by atoms with Crippen LogP contribution in [0.1, 0.15) is 34.3 Å². The van der Waals surface area contributed by atoms with Crippen molar-refractivity contribution in [2.24, 2.45) is 0 Å². The third kappa shape index (κ3) is 4.37. The van der Waals surface area contributed by atoms with Crippen LogP contribution in [0.25, 0.3) is 0 Å². The lowest BCUT2D eigenvalue weighted by Gasteiger charge is -2.30. The summed E-state index contributed by atoms with van der Waals surface area (Å²) in [6.07, 6.45) is 1.12. The molecule has 1 fully saturated rings. The Balaban J connectivity index is 1.69. The monoisotopic (exact) mass is 342 g/mol. The van der Waals surface area contributed by atoms with E-state index in [1.165, 1.54) is 6.07 Å². The van der Waals surface area contributed by atoms with Crippen LogP contribution in [0.2, 0.25) is 0 Å². The van der Waals surface area contributed by atoms with Crippen LogP contribution < -0.4 is 5.32 Å². The predicted molar refractivity (Wildman–Crippen MR) is 96.1 cm³/mol. The molecule has 0 spiro atoms. The topological polar surface area (TPSA) is 52.6 Å². The van der Waals surface area contributed by atoms with Crippen molar-refractivity contribution in [3.05, 3.63) is 65.0 Å². The summed E-state index contributed by atoms with van der Waals surface area (Å²) in [6, 6.07) is 12.2. The standard InChI is InChI=1S/C20H23FN2O2/c1-14-7-8-19(21)16(10-14)12-22-17-5-2-4-15(11-17)20(25)23-9-3-6-18(24)13-23/h2,4-5,7-8,10-11,18,22,24H,3,6,9,12-13H2,1H3. The van der Waals surface area contributed by atoms with Gasteiger partial charge in [-0.15, -0.1) is 0 Å². The first-order chi connectivity index (χ1) is 12.0. The number of halogens is 1. The lowest BCUT2D eigenvalue weighted by Crippen LogP contribution is -2.42. The van der Waals surface area contributed by atoms with Crippen LogP contribution in [-0.2, 0) is 6.54 Å². The van der Waals surface area contributed by atoms with E-state index in [0.29, 0.717) is 30.8 Å². The molecule has 132 valence electrons. The van der Waals surface area contributed by atoms with Crippen molar-refractivity contribution >= 4 is 11.6 Å². The third-order valence-electron chi connectivity index (χ3n) is 4.48. The highest BCUT2D eigenvalue weighted by Gasteiger charge is 2.23. The number of anilines is 1. The first-order valence-corrected chi connectivity index (χ1v) is 8.59. The van der Waals surface area contributed by atoms with Gasteiger partial charge in [0.15, 0.2) is 0 Å². The van der Waals surface area contributed by atoms with Gasteiger partial charge < -0.3 is 15.3 Å². The molecule has 1 aliphatic heterocycles. The zero-order chi connectivity index (χ0) is 17.8. The minimum absolute atomic E-state index is 0.0795. The van der Waals surface area contributed by atoms with Gasteiger partial charge in [-0.05, 0) is 44.0 Å². The molecule has 1 unspecified atom stereocenters. The maximum Gasteiger partial charge on any atom is 0.254 e. The molecule has 0 saturated carbocycles. The molecule has 25 heavy (non-hydrogen) atoms. The molecule has 1 atom stereocenters. The molecule has 2 aromatic carbocycles. The Bertz CT molecular complexity index is 763. The second-order valence-electron chi connectivity index (χ2n) is 6.58. The van der Waals surface area contributed by atoms with E-state index in [9.17, 15) is 14.3 Å². The summed E-state index contributed by atoms with van der Waals surface area (Å²) in [7, 11) is 0. The zero-order valence-electron chi connectivity index (χ0n) is 14.3. The Morgan fingerprint density at radius 3 is 2.96 bits per heavy atom. The Morgan fingerprint density at radius 1 is 1.32 bits per heavy atom. The highest BCUT2D eigenvalue weighted by molar-refractivity contribution is 5.95. The molecule has 0 bridgehead atoms. The van der Waals surface area contributed by atoms with E-state index in [4.69, 9.17) is 0 Å². The van der Waals surface area contributed by atoms with Gasteiger partial charge in [0.2, 0.25) is 0 Å². The van der Waals surface area contributed by atoms with Gasteiger partial charge in [0.25, 0.3) is 5.91 Å². The van der Waals surface area contributed by atoms with E-state index >= 15 is 0 Å². The fourth-order valence-electron chi connectivity index (χ4n) is 3.12. The Kier molecular flexibility index (Phi) is 5.34.